The maximum atomic E-state index is 12.5. The number of rotatable bonds is 3. The molecule has 4 N–H and O–H groups in total. The van der Waals surface area contributed by atoms with Crippen LogP contribution in [0.4, 0.5) is 0 Å². The van der Waals surface area contributed by atoms with E-state index in [0.717, 1.165) is 24.3 Å². The van der Waals surface area contributed by atoms with Crippen molar-refractivity contribution in [1.29, 1.82) is 0 Å². The Morgan fingerprint density at radius 1 is 1.47 bits per heavy atom. The molecular weight excluding hydrogens is 266 g/mol. The van der Waals surface area contributed by atoms with Crippen LogP contribution in [0.5, 0.6) is 0 Å². The van der Waals surface area contributed by atoms with E-state index in [9.17, 15) is 4.79 Å². The van der Waals surface area contributed by atoms with E-state index in [-0.39, 0.29) is 17.8 Å². The first-order valence-corrected chi connectivity index (χ1v) is 7.79. The zero-order valence-electron chi connectivity index (χ0n) is 10.9. The van der Waals surface area contributed by atoms with E-state index >= 15 is 0 Å². The number of nitrogens with two attached hydrogens (primary N) is 1. The lowest BCUT2D eigenvalue weighted by atomic mass is 9.78. The van der Waals surface area contributed by atoms with Crippen molar-refractivity contribution in [3.63, 3.8) is 0 Å². The molecule has 19 heavy (non-hydrogen) atoms. The van der Waals surface area contributed by atoms with Gasteiger partial charge in [-0.05, 0) is 31.4 Å². The Kier molecular flexibility index (Phi) is 4.93. The molecule has 2 aliphatic heterocycles. The molecule has 1 atom stereocenters. The van der Waals surface area contributed by atoms with Crippen LogP contribution >= 0.6 is 11.8 Å². The number of ether oxygens (including phenoxy) is 1. The summed E-state index contributed by atoms with van der Waals surface area (Å²) in [5.41, 5.74) is 4.86. The molecule has 1 unspecified atom stereocenters. The highest BCUT2D eigenvalue weighted by Gasteiger charge is 2.45. The predicted molar refractivity (Wildman–Crippen MR) is 74.4 cm³/mol. The number of amidine groups is 1. The van der Waals surface area contributed by atoms with Gasteiger partial charge in [-0.15, -0.1) is 0 Å². The zero-order valence-corrected chi connectivity index (χ0v) is 11.7. The molecule has 2 rings (SSSR count). The molecule has 108 valence electrons. The molecule has 2 heterocycles. The van der Waals surface area contributed by atoms with E-state index in [4.69, 9.17) is 15.7 Å². The van der Waals surface area contributed by atoms with Gasteiger partial charge in [0.2, 0.25) is 5.91 Å². The molecule has 0 saturated carbocycles. The number of hydrogen-bond donors (Lipinski definition) is 3. The molecule has 0 aromatic heterocycles. The Bertz CT molecular complexity index is 350. The Labute approximate surface area is 117 Å². The van der Waals surface area contributed by atoms with Crippen molar-refractivity contribution in [2.45, 2.75) is 31.7 Å². The molecule has 2 aliphatic rings. The molecule has 1 amide bonds. The number of oxime groups is 1. The number of thioether (sulfide) groups is 1. The number of carbonyl (C=O) groups excluding carboxylic acids is 1. The highest BCUT2D eigenvalue weighted by Crippen LogP contribution is 2.32. The van der Waals surface area contributed by atoms with E-state index in [1.807, 2.05) is 11.8 Å². The SMILES string of the molecule is NC(=NO)C1(C(=O)NC2CCCSC2)CCOCC1. The number of nitrogens with one attached hydrogen (secondary N) is 1. The lowest BCUT2D eigenvalue weighted by Crippen LogP contribution is -2.55. The quantitative estimate of drug-likeness (QED) is 0.305. The zero-order chi connectivity index (χ0) is 13.7. The third-order valence-corrected chi connectivity index (χ3v) is 5.09. The van der Waals surface area contributed by atoms with Gasteiger partial charge in [0, 0.05) is 25.0 Å². The smallest absolute Gasteiger partial charge is 0.234 e. The Balaban J connectivity index is 2.06. The van der Waals surface area contributed by atoms with Crippen LogP contribution in [0.2, 0.25) is 0 Å². The second kappa shape index (κ2) is 6.47. The van der Waals surface area contributed by atoms with Crippen LogP contribution in [0.3, 0.4) is 0 Å². The largest absolute Gasteiger partial charge is 0.409 e. The minimum absolute atomic E-state index is 0.00300. The fourth-order valence-corrected chi connectivity index (χ4v) is 3.67. The average molecular weight is 287 g/mol. The second-order valence-electron chi connectivity index (χ2n) is 5.07. The molecular formula is C12H21N3O3S. The fraction of sp³-hybridized carbons (Fsp3) is 0.833. The first-order valence-electron chi connectivity index (χ1n) is 6.63. The van der Waals surface area contributed by atoms with E-state index in [0.29, 0.717) is 26.1 Å². The van der Waals surface area contributed by atoms with E-state index in [1.54, 1.807) is 0 Å². The molecule has 7 heteroatoms. The van der Waals surface area contributed by atoms with Crippen LogP contribution in [-0.4, -0.2) is 47.7 Å². The highest BCUT2D eigenvalue weighted by molar-refractivity contribution is 7.99. The van der Waals surface area contributed by atoms with Crippen molar-refractivity contribution in [1.82, 2.24) is 5.32 Å². The Morgan fingerprint density at radius 3 is 2.79 bits per heavy atom. The van der Waals surface area contributed by atoms with Crippen molar-refractivity contribution in [3.05, 3.63) is 0 Å². The van der Waals surface area contributed by atoms with Crippen LogP contribution in [0.15, 0.2) is 5.16 Å². The molecule has 0 spiro atoms. The normalized spacial score (nSPS) is 27.8. The molecule has 0 radical (unpaired) electrons. The summed E-state index contributed by atoms with van der Waals surface area (Å²) in [6, 6.07) is 0.192. The minimum Gasteiger partial charge on any atom is -0.409 e. The summed E-state index contributed by atoms with van der Waals surface area (Å²) >= 11 is 1.85. The van der Waals surface area contributed by atoms with Crippen LogP contribution in [0, 0.1) is 5.41 Å². The van der Waals surface area contributed by atoms with E-state index in [2.05, 4.69) is 10.5 Å². The standard InChI is InChI=1S/C12H21N3O3S/c13-10(15-17)12(3-5-18-6-4-12)11(16)14-9-2-1-7-19-8-9/h9,17H,1-8H2,(H2,13,15)(H,14,16). The van der Waals surface area contributed by atoms with Gasteiger partial charge in [0.25, 0.3) is 0 Å². The highest BCUT2D eigenvalue weighted by atomic mass is 32.2. The summed E-state index contributed by atoms with van der Waals surface area (Å²) < 4.78 is 5.28. The summed E-state index contributed by atoms with van der Waals surface area (Å²) in [7, 11) is 0. The molecule has 2 saturated heterocycles. The lowest BCUT2D eigenvalue weighted by Gasteiger charge is -2.36. The molecule has 2 fully saturated rings. The summed E-state index contributed by atoms with van der Waals surface area (Å²) in [5.74, 6) is 1.97. The average Bonchev–Trinajstić information content (AvgIpc) is 2.48. The van der Waals surface area contributed by atoms with Crippen LogP contribution in [-0.2, 0) is 9.53 Å². The number of hydrogen-bond acceptors (Lipinski definition) is 5. The van der Waals surface area contributed by atoms with Gasteiger partial charge >= 0.3 is 0 Å². The topological polar surface area (TPSA) is 96.9 Å². The van der Waals surface area contributed by atoms with Gasteiger partial charge in [-0.25, -0.2) is 0 Å². The first-order chi connectivity index (χ1) is 9.19. The number of amides is 1. The summed E-state index contributed by atoms with van der Waals surface area (Å²) in [6.45, 7) is 0.923. The van der Waals surface area contributed by atoms with Crippen molar-refractivity contribution < 1.29 is 14.7 Å². The fourth-order valence-electron chi connectivity index (χ4n) is 2.59. The monoisotopic (exact) mass is 287 g/mol. The Hall–Kier alpha value is -0.950. The van der Waals surface area contributed by atoms with Crippen molar-refractivity contribution in [2.24, 2.45) is 16.3 Å². The number of nitrogens with zero attached hydrogens (tertiary/aromatic N) is 1. The van der Waals surface area contributed by atoms with Gasteiger partial charge in [-0.1, -0.05) is 5.16 Å². The first kappa shape index (κ1) is 14.5. The number of carbonyl (C=O) groups is 1. The lowest BCUT2D eigenvalue weighted by molar-refractivity contribution is -0.132. The molecule has 0 bridgehead atoms. The van der Waals surface area contributed by atoms with Gasteiger partial charge in [-0.2, -0.15) is 11.8 Å². The van der Waals surface area contributed by atoms with Gasteiger partial charge < -0.3 is 21.0 Å². The predicted octanol–water partition coefficient (Wildman–Crippen LogP) is 0.541. The van der Waals surface area contributed by atoms with Gasteiger partial charge in [0.05, 0.1) is 0 Å². The van der Waals surface area contributed by atoms with E-state index < -0.39 is 5.41 Å². The Morgan fingerprint density at radius 2 is 2.21 bits per heavy atom. The van der Waals surface area contributed by atoms with Gasteiger partial charge in [-0.3, -0.25) is 4.79 Å². The maximum absolute atomic E-state index is 12.5. The van der Waals surface area contributed by atoms with Crippen molar-refractivity contribution in [2.75, 3.05) is 24.7 Å². The third-order valence-electron chi connectivity index (χ3n) is 3.87. The molecule has 0 aromatic rings. The summed E-state index contributed by atoms with van der Waals surface area (Å²) in [6.07, 6.45) is 3.06. The summed E-state index contributed by atoms with van der Waals surface area (Å²) in [4.78, 5) is 12.5. The van der Waals surface area contributed by atoms with Gasteiger partial charge in [0.15, 0.2) is 5.84 Å². The summed E-state index contributed by atoms with van der Waals surface area (Å²) in [5, 5.41) is 15.1. The van der Waals surface area contributed by atoms with Crippen molar-refractivity contribution >= 4 is 23.5 Å². The minimum atomic E-state index is -0.908. The van der Waals surface area contributed by atoms with Crippen LogP contribution < -0.4 is 11.1 Å². The molecule has 0 aromatic carbocycles. The molecule has 6 nitrogen and oxygen atoms in total. The van der Waals surface area contributed by atoms with Crippen LogP contribution in [0.1, 0.15) is 25.7 Å². The van der Waals surface area contributed by atoms with E-state index in [1.165, 1.54) is 0 Å². The second-order valence-corrected chi connectivity index (χ2v) is 6.22. The van der Waals surface area contributed by atoms with Gasteiger partial charge in [0.1, 0.15) is 5.41 Å². The van der Waals surface area contributed by atoms with Crippen LogP contribution in [0.25, 0.3) is 0 Å². The maximum Gasteiger partial charge on any atom is 0.234 e. The molecule has 0 aliphatic carbocycles. The third kappa shape index (κ3) is 3.14. The van der Waals surface area contributed by atoms with Crippen molar-refractivity contribution in [3.8, 4) is 0 Å².